The zero-order chi connectivity index (χ0) is 23.7. The summed E-state index contributed by atoms with van der Waals surface area (Å²) in [4.78, 5) is 27.2. The number of H-pyrrole nitrogens is 1. The number of hydrogen-bond acceptors (Lipinski definition) is 5. The van der Waals surface area contributed by atoms with Gasteiger partial charge in [-0.3, -0.25) is 14.7 Å². The first-order chi connectivity index (χ1) is 16.5. The molecular weight excluding hydrogens is 428 g/mol. The van der Waals surface area contributed by atoms with E-state index in [-0.39, 0.29) is 23.4 Å². The van der Waals surface area contributed by atoms with E-state index in [1.54, 1.807) is 4.68 Å². The van der Waals surface area contributed by atoms with E-state index in [1.807, 2.05) is 60.4 Å². The van der Waals surface area contributed by atoms with Crippen molar-refractivity contribution in [1.29, 1.82) is 0 Å². The van der Waals surface area contributed by atoms with E-state index in [4.69, 9.17) is 10.8 Å². The lowest BCUT2D eigenvalue weighted by Gasteiger charge is -2.29. The van der Waals surface area contributed by atoms with Gasteiger partial charge in [0.2, 0.25) is 5.91 Å². The van der Waals surface area contributed by atoms with Gasteiger partial charge in [0.15, 0.2) is 11.6 Å². The molecule has 0 radical (unpaired) electrons. The van der Waals surface area contributed by atoms with Gasteiger partial charge in [0.25, 0.3) is 5.56 Å². The summed E-state index contributed by atoms with van der Waals surface area (Å²) < 4.78 is 1.62. The summed E-state index contributed by atoms with van der Waals surface area (Å²) >= 11 is 0. The summed E-state index contributed by atoms with van der Waals surface area (Å²) in [7, 11) is 0. The van der Waals surface area contributed by atoms with Crippen LogP contribution < -0.4 is 16.2 Å². The molecule has 1 amide bonds. The quantitative estimate of drug-likeness (QED) is 0.456. The highest BCUT2D eigenvalue weighted by Crippen LogP contribution is 2.34. The van der Waals surface area contributed by atoms with Gasteiger partial charge in [0.1, 0.15) is 0 Å². The van der Waals surface area contributed by atoms with Crippen molar-refractivity contribution in [2.75, 3.05) is 4.90 Å². The number of aromatic amines is 1. The first-order valence-corrected chi connectivity index (χ1v) is 11.7. The third kappa shape index (κ3) is 4.19. The summed E-state index contributed by atoms with van der Waals surface area (Å²) in [6.45, 7) is 2.51. The molecule has 0 atom stereocenters. The highest BCUT2D eigenvalue weighted by molar-refractivity contribution is 5.93. The maximum atomic E-state index is 13.5. The lowest BCUT2D eigenvalue weighted by molar-refractivity contribution is -0.122. The van der Waals surface area contributed by atoms with E-state index in [2.05, 4.69) is 22.3 Å². The molecule has 174 valence electrons. The largest absolute Gasteiger partial charge is 0.369 e. The van der Waals surface area contributed by atoms with Gasteiger partial charge < -0.3 is 10.6 Å². The Labute approximate surface area is 197 Å². The minimum absolute atomic E-state index is 0.0778. The van der Waals surface area contributed by atoms with E-state index in [0.29, 0.717) is 43.4 Å². The Bertz CT molecular complexity index is 1370. The third-order valence-electron chi connectivity index (χ3n) is 6.66. The second-order valence-corrected chi connectivity index (χ2v) is 9.01. The number of carbonyl (C=O) groups excluding carboxylic acids is 1. The first-order valence-electron chi connectivity index (χ1n) is 11.7. The predicted octanol–water partition coefficient (Wildman–Crippen LogP) is 3.98. The number of nitrogens with zero attached hydrogens (tertiary/aromatic N) is 4. The summed E-state index contributed by atoms with van der Waals surface area (Å²) in [5.74, 6) is 1.03. The van der Waals surface area contributed by atoms with E-state index in [1.165, 1.54) is 0 Å². The number of amides is 1. The minimum Gasteiger partial charge on any atom is -0.369 e. The molecule has 2 aromatic carbocycles. The van der Waals surface area contributed by atoms with E-state index >= 15 is 0 Å². The predicted molar refractivity (Wildman–Crippen MR) is 132 cm³/mol. The van der Waals surface area contributed by atoms with Gasteiger partial charge in [-0.2, -0.15) is 10.2 Å². The molecular formula is C26H28N6O2. The Morgan fingerprint density at radius 2 is 1.74 bits per heavy atom. The van der Waals surface area contributed by atoms with Crippen molar-refractivity contribution in [3.05, 3.63) is 82.3 Å². The van der Waals surface area contributed by atoms with Crippen LogP contribution in [0.25, 0.3) is 10.8 Å². The summed E-state index contributed by atoms with van der Waals surface area (Å²) in [6.07, 6.45) is 2.72. The van der Waals surface area contributed by atoms with Crippen LogP contribution in [0.2, 0.25) is 0 Å². The van der Waals surface area contributed by atoms with E-state index < -0.39 is 0 Å². The van der Waals surface area contributed by atoms with Crippen molar-refractivity contribution in [1.82, 2.24) is 20.0 Å². The number of aromatic nitrogens is 4. The number of nitrogens with one attached hydrogen (secondary N) is 1. The Morgan fingerprint density at radius 1 is 1.06 bits per heavy atom. The Kier molecular flexibility index (Phi) is 5.88. The number of fused-ring (bicyclic) bond motifs is 1. The topological polar surface area (TPSA) is 110 Å². The van der Waals surface area contributed by atoms with Crippen LogP contribution in [0.4, 0.5) is 11.6 Å². The summed E-state index contributed by atoms with van der Waals surface area (Å²) in [5, 5.41) is 13.9. The second kappa shape index (κ2) is 9.13. The van der Waals surface area contributed by atoms with Gasteiger partial charge in [-0.25, -0.2) is 4.68 Å². The normalized spacial score (nSPS) is 18.1. The first kappa shape index (κ1) is 21.9. The molecule has 0 bridgehead atoms. The van der Waals surface area contributed by atoms with Gasteiger partial charge >= 0.3 is 0 Å². The SMILES string of the molecule is Cc1cc(N(Cc2ccccc2)c2nn(C3CCC(C(N)=O)CC3)c(=O)c3ccccc23)n[nH]1. The van der Waals surface area contributed by atoms with Gasteiger partial charge in [0, 0.05) is 23.1 Å². The van der Waals surface area contributed by atoms with Crippen LogP contribution in [-0.2, 0) is 11.3 Å². The van der Waals surface area contributed by atoms with Crippen LogP contribution in [0.5, 0.6) is 0 Å². The molecule has 1 saturated carbocycles. The molecule has 0 unspecified atom stereocenters. The number of anilines is 2. The maximum Gasteiger partial charge on any atom is 0.275 e. The summed E-state index contributed by atoms with van der Waals surface area (Å²) in [6, 6.07) is 19.6. The number of rotatable bonds is 6. The Hall–Kier alpha value is -3.94. The van der Waals surface area contributed by atoms with Crippen molar-refractivity contribution in [3.8, 4) is 0 Å². The van der Waals surface area contributed by atoms with Gasteiger partial charge in [-0.05, 0) is 44.2 Å². The van der Waals surface area contributed by atoms with Crippen LogP contribution in [0.15, 0.2) is 65.5 Å². The molecule has 0 aliphatic heterocycles. The second-order valence-electron chi connectivity index (χ2n) is 9.01. The highest BCUT2D eigenvalue weighted by Gasteiger charge is 2.29. The highest BCUT2D eigenvalue weighted by atomic mass is 16.1. The number of benzene rings is 2. The lowest BCUT2D eigenvalue weighted by Crippen LogP contribution is -2.34. The molecule has 4 aromatic rings. The minimum atomic E-state index is -0.263. The van der Waals surface area contributed by atoms with Crippen LogP contribution in [0.1, 0.15) is 43.0 Å². The molecule has 0 saturated heterocycles. The van der Waals surface area contributed by atoms with Crippen molar-refractivity contribution in [2.24, 2.45) is 11.7 Å². The zero-order valence-electron chi connectivity index (χ0n) is 19.1. The molecule has 8 heteroatoms. The fraction of sp³-hybridized carbons (Fsp3) is 0.308. The Balaban J connectivity index is 1.64. The number of carbonyl (C=O) groups is 1. The number of primary amides is 1. The number of nitrogens with two attached hydrogens (primary N) is 1. The van der Waals surface area contributed by atoms with Gasteiger partial charge in [-0.15, -0.1) is 0 Å². The molecule has 1 aliphatic rings. The van der Waals surface area contributed by atoms with Crippen molar-refractivity contribution < 1.29 is 4.79 Å². The molecule has 2 aromatic heterocycles. The smallest absolute Gasteiger partial charge is 0.275 e. The molecule has 3 N–H and O–H groups in total. The Morgan fingerprint density at radius 3 is 2.38 bits per heavy atom. The zero-order valence-corrected chi connectivity index (χ0v) is 19.1. The monoisotopic (exact) mass is 456 g/mol. The third-order valence-corrected chi connectivity index (χ3v) is 6.66. The fourth-order valence-corrected chi connectivity index (χ4v) is 4.81. The molecule has 34 heavy (non-hydrogen) atoms. The standard InChI is InChI=1S/C26H28N6O2/c1-17-15-23(29-28-17)31(16-18-7-3-2-4-8-18)25-21-9-5-6-10-22(21)26(34)32(30-25)20-13-11-19(12-14-20)24(27)33/h2-10,15,19-20H,11-14,16H2,1H3,(H2,27,33)(H,28,29). The van der Waals surface area contributed by atoms with Gasteiger partial charge in [0.05, 0.1) is 18.0 Å². The van der Waals surface area contributed by atoms with Crippen LogP contribution >= 0.6 is 0 Å². The fourth-order valence-electron chi connectivity index (χ4n) is 4.81. The van der Waals surface area contributed by atoms with Crippen LogP contribution in [0, 0.1) is 12.8 Å². The average molecular weight is 457 g/mol. The molecule has 5 rings (SSSR count). The van der Waals surface area contributed by atoms with E-state index in [9.17, 15) is 9.59 Å². The van der Waals surface area contributed by atoms with Crippen molar-refractivity contribution in [3.63, 3.8) is 0 Å². The maximum absolute atomic E-state index is 13.5. The summed E-state index contributed by atoms with van der Waals surface area (Å²) in [5.41, 5.74) is 7.45. The van der Waals surface area contributed by atoms with Gasteiger partial charge in [-0.1, -0.05) is 48.5 Å². The number of hydrogen-bond donors (Lipinski definition) is 2. The van der Waals surface area contributed by atoms with E-state index in [0.717, 1.165) is 22.5 Å². The number of aryl methyl sites for hydroxylation is 1. The average Bonchev–Trinajstić information content (AvgIpc) is 3.30. The molecule has 8 nitrogen and oxygen atoms in total. The molecule has 1 aliphatic carbocycles. The van der Waals surface area contributed by atoms with Crippen LogP contribution in [0.3, 0.4) is 0 Å². The molecule has 1 fully saturated rings. The lowest BCUT2D eigenvalue weighted by atomic mass is 9.85. The molecule has 2 heterocycles. The van der Waals surface area contributed by atoms with Crippen molar-refractivity contribution >= 4 is 28.3 Å². The molecule has 0 spiro atoms. The van der Waals surface area contributed by atoms with Crippen molar-refractivity contribution in [2.45, 2.75) is 45.2 Å². The van der Waals surface area contributed by atoms with Crippen LogP contribution in [-0.4, -0.2) is 25.9 Å².